The summed E-state index contributed by atoms with van der Waals surface area (Å²) in [6.45, 7) is -1.000. The summed E-state index contributed by atoms with van der Waals surface area (Å²) in [7, 11) is -4.65. The first-order valence-electron chi connectivity index (χ1n) is 8.10. The maximum atomic E-state index is 13.3. The lowest BCUT2D eigenvalue weighted by Crippen LogP contribution is -2.55. The van der Waals surface area contributed by atoms with Gasteiger partial charge < -0.3 is 4.74 Å². The van der Waals surface area contributed by atoms with E-state index in [2.05, 4.69) is 0 Å². The second-order valence-electron chi connectivity index (χ2n) is 7.42. The first kappa shape index (κ1) is 18.6. The standard InChI is InChI=1S/C15H18F4O5S/c16-14(17,15(18,19)25(22)23)1-2-24-12(21)13-5-8-3-9(6-13)11(20)10(4-8)7-13/h8-10,25H,1-7H2. The molecular formula is C15H18F4O5S. The zero-order chi connectivity index (χ0) is 18.6. The third-order valence-electron chi connectivity index (χ3n) is 5.75. The van der Waals surface area contributed by atoms with Crippen LogP contribution in [0.5, 0.6) is 0 Å². The van der Waals surface area contributed by atoms with Gasteiger partial charge in [0.15, 0.2) is 0 Å². The Balaban J connectivity index is 1.61. The number of halogens is 4. The summed E-state index contributed by atoms with van der Waals surface area (Å²) in [5.41, 5.74) is -0.897. The predicted octanol–water partition coefficient (Wildman–Crippen LogP) is 2.15. The van der Waals surface area contributed by atoms with Crippen LogP contribution in [-0.4, -0.2) is 38.0 Å². The molecule has 25 heavy (non-hydrogen) atoms. The highest BCUT2D eigenvalue weighted by molar-refractivity contribution is 7.73. The fourth-order valence-electron chi connectivity index (χ4n) is 4.71. The predicted molar refractivity (Wildman–Crippen MR) is 76.8 cm³/mol. The minimum atomic E-state index is -5.19. The Bertz CT molecular complexity index is 649. The summed E-state index contributed by atoms with van der Waals surface area (Å²) in [6.07, 6.45) is 1.02. The Morgan fingerprint density at radius 1 is 1.12 bits per heavy atom. The van der Waals surface area contributed by atoms with Crippen LogP contribution in [0.15, 0.2) is 0 Å². The lowest BCUT2D eigenvalue weighted by molar-refractivity contribution is -0.184. The van der Waals surface area contributed by atoms with Crippen molar-refractivity contribution in [1.29, 1.82) is 0 Å². The van der Waals surface area contributed by atoms with E-state index in [4.69, 9.17) is 4.74 Å². The van der Waals surface area contributed by atoms with Crippen LogP contribution in [-0.2, 0) is 25.0 Å². The van der Waals surface area contributed by atoms with E-state index in [9.17, 15) is 35.6 Å². The molecule has 0 heterocycles. The van der Waals surface area contributed by atoms with Gasteiger partial charge in [0.25, 0.3) is 0 Å². The van der Waals surface area contributed by atoms with Crippen molar-refractivity contribution in [1.82, 2.24) is 0 Å². The number of alkyl halides is 4. The van der Waals surface area contributed by atoms with Gasteiger partial charge >= 0.3 is 17.1 Å². The van der Waals surface area contributed by atoms with Crippen LogP contribution in [0.3, 0.4) is 0 Å². The maximum absolute atomic E-state index is 13.3. The molecule has 0 spiro atoms. The number of ether oxygens (including phenoxy) is 1. The number of rotatable bonds is 6. The highest BCUT2D eigenvalue weighted by Crippen LogP contribution is 2.59. The summed E-state index contributed by atoms with van der Waals surface area (Å²) in [6, 6.07) is 0. The molecule has 5 nitrogen and oxygen atoms in total. The average Bonchev–Trinajstić information content (AvgIpc) is 2.51. The van der Waals surface area contributed by atoms with Gasteiger partial charge in [0, 0.05) is 11.8 Å². The molecule has 0 aromatic carbocycles. The number of carbonyl (C=O) groups excluding carboxylic acids is 2. The lowest BCUT2D eigenvalue weighted by atomic mass is 9.49. The first-order valence-corrected chi connectivity index (χ1v) is 9.27. The SMILES string of the molecule is O=C1C2CC3CC1CC(C(=O)OCCC(F)(F)C(F)(F)[SH](=O)=O)(C3)C2. The second kappa shape index (κ2) is 5.92. The summed E-state index contributed by atoms with van der Waals surface area (Å²) < 4.78 is 78.1. The van der Waals surface area contributed by atoms with Crippen molar-refractivity contribution >= 4 is 22.5 Å². The smallest absolute Gasteiger partial charge is 0.404 e. The molecule has 4 aliphatic rings. The summed E-state index contributed by atoms with van der Waals surface area (Å²) in [5, 5.41) is -5.19. The van der Waals surface area contributed by atoms with Crippen LogP contribution in [0.1, 0.15) is 38.5 Å². The second-order valence-corrected chi connectivity index (χ2v) is 8.49. The van der Waals surface area contributed by atoms with Crippen LogP contribution in [0.25, 0.3) is 0 Å². The fourth-order valence-corrected chi connectivity index (χ4v) is 5.08. The summed E-state index contributed by atoms with van der Waals surface area (Å²) in [4.78, 5) is 24.5. The number of hydrogen-bond donors (Lipinski definition) is 1. The first-order chi connectivity index (χ1) is 11.5. The molecule has 4 bridgehead atoms. The largest absolute Gasteiger partial charge is 0.465 e. The number of Topliss-reactive ketones (excluding diaryl/α,β-unsaturated/α-hetero) is 1. The Morgan fingerprint density at radius 3 is 2.20 bits per heavy atom. The zero-order valence-corrected chi connectivity index (χ0v) is 14.1. The van der Waals surface area contributed by atoms with Gasteiger partial charge in [0.05, 0.1) is 18.4 Å². The van der Waals surface area contributed by atoms with Gasteiger partial charge in [0.2, 0.25) is 10.7 Å². The Morgan fingerprint density at radius 2 is 1.68 bits per heavy atom. The van der Waals surface area contributed by atoms with Crippen molar-refractivity contribution in [3.63, 3.8) is 0 Å². The van der Waals surface area contributed by atoms with Crippen molar-refractivity contribution in [3.05, 3.63) is 0 Å². The van der Waals surface area contributed by atoms with Crippen molar-refractivity contribution in [2.24, 2.45) is 23.2 Å². The van der Waals surface area contributed by atoms with Crippen molar-refractivity contribution in [2.75, 3.05) is 6.61 Å². The van der Waals surface area contributed by atoms with Gasteiger partial charge in [0.1, 0.15) is 5.78 Å². The van der Waals surface area contributed by atoms with E-state index in [0.717, 1.165) is 12.8 Å². The number of hydrogen-bond acceptors (Lipinski definition) is 5. The van der Waals surface area contributed by atoms with Crippen LogP contribution >= 0.6 is 0 Å². The molecule has 0 saturated heterocycles. The zero-order valence-electron chi connectivity index (χ0n) is 13.2. The van der Waals surface area contributed by atoms with Gasteiger partial charge in [-0.3, -0.25) is 9.59 Å². The van der Waals surface area contributed by atoms with E-state index in [0.29, 0.717) is 19.3 Å². The molecule has 4 fully saturated rings. The van der Waals surface area contributed by atoms with Gasteiger partial charge in [-0.2, -0.15) is 17.6 Å². The van der Waals surface area contributed by atoms with Gasteiger partial charge in [-0.1, -0.05) is 0 Å². The molecule has 10 heteroatoms. The van der Waals surface area contributed by atoms with E-state index in [1.165, 1.54) is 0 Å². The number of ketones is 1. The molecule has 0 aromatic heterocycles. The normalized spacial score (nSPS) is 34.6. The van der Waals surface area contributed by atoms with E-state index >= 15 is 0 Å². The minimum Gasteiger partial charge on any atom is -0.465 e. The molecule has 4 saturated carbocycles. The molecular weight excluding hydrogens is 368 g/mol. The van der Waals surface area contributed by atoms with Crippen LogP contribution < -0.4 is 0 Å². The maximum Gasteiger partial charge on any atom is 0.404 e. The molecule has 0 aliphatic heterocycles. The highest BCUT2D eigenvalue weighted by atomic mass is 32.2. The quantitative estimate of drug-likeness (QED) is 0.430. The van der Waals surface area contributed by atoms with E-state index < -0.39 is 46.3 Å². The average molecular weight is 386 g/mol. The molecule has 142 valence electrons. The minimum absolute atomic E-state index is 0.143. The third kappa shape index (κ3) is 2.96. The molecule has 4 rings (SSSR count). The third-order valence-corrected chi connectivity index (χ3v) is 6.53. The molecule has 0 radical (unpaired) electrons. The van der Waals surface area contributed by atoms with Crippen LogP contribution in [0.4, 0.5) is 17.6 Å². The Labute approximate surface area is 143 Å². The molecule has 4 aliphatic carbocycles. The van der Waals surface area contributed by atoms with Gasteiger partial charge in [-0.05, 0) is 38.0 Å². The van der Waals surface area contributed by atoms with E-state index in [1.54, 1.807) is 0 Å². The molecule has 0 amide bonds. The fraction of sp³-hybridized carbons (Fsp3) is 0.867. The number of thiol groups is 1. The monoisotopic (exact) mass is 386 g/mol. The lowest BCUT2D eigenvalue weighted by Gasteiger charge is -2.53. The number of carbonyl (C=O) groups is 2. The summed E-state index contributed by atoms with van der Waals surface area (Å²) in [5.74, 6) is -5.63. The van der Waals surface area contributed by atoms with Crippen molar-refractivity contribution in [3.8, 4) is 0 Å². The van der Waals surface area contributed by atoms with E-state index in [-0.39, 0.29) is 23.5 Å². The van der Waals surface area contributed by atoms with Crippen molar-refractivity contribution in [2.45, 2.75) is 49.7 Å². The Kier molecular flexibility index (Phi) is 4.40. The number of esters is 1. The molecule has 0 aromatic rings. The van der Waals surface area contributed by atoms with E-state index in [1.807, 2.05) is 0 Å². The Hall–Kier alpha value is -1.19. The molecule has 0 N–H and O–H groups in total. The molecule has 2 atom stereocenters. The topological polar surface area (TPSA) is 77.5 Å². The van der Waals surface area contributed by atoms with Crippen molar-refractivity contribution < 1.29 is 40.3 Å². The van der Waals surface area contributed by atoms with Gasteiger partial charge in [-0.25, -0.2) is 8.42 Å². The van der Waals surface area contributed by atoms with Crippen LogP contribution in [0, 0.1) is 23.2 Å². The highest BCUT2D eigenvalue weighted by Gasteiger charge is 2.61. The van der Waals surface area contributed by atoms with Crippen LogP contribution in [0.2, 0.25) is 0 Å². The molecule has 2 unspecified atom stereocenters. The summed E-state index contributed by atoms with van der Waals surface area (Å²) >= 11 is 0. The van der Waals surface area contributed by atoms with Gasteiger partial charge in [-0.15, -0.1) is 0 Å².